The molecule has 0 aromatic heterocycles. The Kier molecular flexibility index (Phi) is 17.0. The molecule has 0 saturated carbocycles. The Bertz CT molecular complexity index is 232. The van der Waals surface area contributed by atoms with E-state index in [1.165, 1.54) is 70.6 Å². The van der Waals surface area contributed by atoms with Crippen LogP contribution in [0, 0.1) is 0 Å². The largest absolute Gasteiger partial charge is 0.356 e. The SMILES string of the molecule is C=C/C=C\CCCCCCCCCCCCC(OC)OC. The second-order valence-electron chi connectivity index (χ2n) is 5.68. The average molecular weight is 296 g/mol. The molecular weight excluding hydrogens is 260 g/mol. The van der Waals surface area contributed by atoms with Gasteiger partial charge in [-0.05, 0) is 25.7 Å². The summed E-state index contributed by atoms with van der Waals surface area (Å²) in [6.07, 6.45) is 21.9. The molecule has 0 N–H and O–H groups in total. The second-order valence-corrected chi connectivity index (χ2v) is 5.68. The summed E-state index contributed by atoms with van der Waals surface area (Å²) in [5, 5.41) is 0. The van der Waals surface area contributed by atoms with Crippen LogP contribution in [0.15, 0.2) is 24.8 Å². The summed E-state index contributed by atoms with van der Waals surface area (Å²) < 4.78 is 10.4. The standard InChI is InChI=1S/C19H36O2/c1-4-5-6-7-8-9-10-11-12-13-14-15-16-17-18-19(20-2)21-3/h4-6,19H,1,7-18H2,2-3H3/b6-5-. The van der Waals surface area contributed by atoms with Crippen molar-refractivity contribution in [2.24, 2.45) is 0 Å². The molecule has 0 spiro atoms. The van der Waals surface area contributed by atoms with Crippen LogP contribution in [0.2, 0.25) is 0 Å². The summed E-state index contributed by atoms with van der Waals surface area (Å²) in [6, 6.07) is 0. The van der Waals surface area contributed by atoms with Gasteiger partial charge in [0.25, 0.3) is 0 Å². The molecular formula is C19H36O2. The molecule has 0 aliphatic rings. The van der Waals surface area contributed by atoms with Crippen LogP contribution >= 0.6 is 0 Å². The van der Waals surface area contributed by atoms with Gasteiger partial charge < -0.3 is 9.47 Å². The highest BCUT2D eigenvalue weighted by molar-refractivity contribution is 4.96. The van der Waals surface area contributed by atoms with Gasteiger partial charge in [-0.25, -0.2) is 0 Å². The first-order valence-corrected chi connectivity index (χ1v) is 8.68. The number of rotatable bonds is 16. The third-order valence-corrected chi connectivity index (χ3v) is 3.86. The molecule has 2 nitrogen and oxygen atoms in total. The first-order valence-electron chi connectivity index (χ1n) is 8.68. The van der Waals surface area contributed by atoms with Gasteiger partial charge in [0.1, 0.15) is 0 Å². The van der Waals surface area contributed by atoms with E-state index in [2.05, 4.69) is 12.7 Å². The molecule has 0 bridgehead atoms. The number of allylic oxidation sites excluding steroid dienone is 3. The lowest BCUT2D eigenvalue weighted by Gasteiger charge is -2.12. The van der Waals surface area contributed by atoms with Gasteiger partial charge in [0, 0.05) is 14.2 Å². The van der Waals surface area contributed by atoms with Gasteiger partial charge in [0.15, 0.2) is 6.29 Å². The minimum absolute atomic E-state index is 0.00803. The molecule has 0 radical (unpaired) electrons. The van der Waals surface area contributed by atoms with Crippen LogP contribution in [-0.4, -0.2) is 20.5 Å². The minimum Gasteiger partial charge on any atom is -0.356 e. The lowest BCUT2D eigenvalue weighted by Crippen LogP contribution is -2.12. The Morgan fingerprint density at radius 2 is 1.24 bits per heavy atom. The molecule has 0 unspecified atom stereocenters. The zero-order valence-corrected chi connectivity index (χ0v) is 14.3. The van der Waals surface area contributed by atoms with Crippen LogP contribution in [0.5, 0.6) is 0 Å². The molecule has 0 aliphatic heterocycles. The van der Waals surface area contributed by atoms with E-state index in [0.29, 0.717) is 0 Å². The zero-order chi connectivity index (χ0) is 15.6. The van der Waals surface area contributed by atoms with E-state index in [9.17, 15) is 0 Å². The predicted molar refractivity (Wildman–Crippen MR) is 92.5 cm³/mol. The Labute approximate surface area is 132 Å². The highest BCUT2D eigenvalue weighted by Crippen LogP contribution is 2.13. The maximum absolute atomic E-state index is 5.18. The van der Waals surface area contributed by atoms with Crippen molar-refractivity contribution in [2.45, 2.75) is 83.3 Å². The van der Waals surface area contributed by atoms with Gasteiger partial charge in [0.05, 0.1) is 0 Å². The number of unbranched alkanes of at least 4 members (excludes halogenated alkanes) is 10. The zero-order valence-electron chi connectivity index (χ0n) is 14.3. The van der Waals surface area contributed by atoms with Gasteiger partial charge >= 0.3 is 0 Å². The van der Waals surface area contributed by atoms with Gasteiger partial charge in [0.2, 0.25) is 0 Å². The minimum atomic E-state index is -0.00803. The Hall–Kier alpha value is -0.600. The number of hydrogen-bond donors (Lipinski definition) is 0. The third-order valence-electron chi connectivity index (χ3n) is 3.86. The smallest absolute Gasteiger partial charge is 0.156 e. The normalized spacial score (nSPS) is 11.6. The third kappa shape index (κ3) is 15.6. The van der Waals surface area contributed by atoms with Crippen LogP contribution in [0.3, 0.4) is 0 Å². The molecule has 124 valence electrons. The second kappa shape index (κ2) is 17.5. The highest BCUT2D eigenvalue weighted by Gasteiger charge is 2.03. The number of hydrogen-bond acceptors (Lipinski definition) is 2. The van der Waals surface area contributed by atoms with E-state index in [1.807, 2.05) is 12.2 Å². The fourth-order valence-electron chi connectivity index (χ4n) is 2.51. The van der Waals surface area contributed by atoms with Crippen molar-refractivity contribution in [3.8, 4) is 0 Å². The van der Waals surface area contributed by atoms with Crippen LogP contribution in [-0.2, 0) is 9.47 Å². The molecule has 0 aromatic carbocycles. The molecule has 0 atom stereocenters. The fourth-order valence-corrected chi connectivity index (χ4v) is 2.51. The van der Waals surface area contributed by atoms with E-state index < -0.39 is 0 Å². The van der Waals surface area contributed by atoms with Crippen LogP contribution < -0.4 is 0 Å². The Morgan fingerprint density at radius 1 is 0.762 bits per heavy atom. The summed E-state index contributed by atoms with van der Waals surface area (Å²) in [5.41, 5.74) is 0. The predicted octanol–water partition coefficient (Wildman–Crippen LogP) is 6.03. The van der Waals surface area contributed by atoms with Crippen molar-refractivity contribution in [3.05, 3.63) is 24.8 Å². The van der Waals surface area contributed by atoms with E-state index in [0.717, 1.165) is 6.42 Å². The topological polar surface area (TPSA) is 18.5 Å². The van der Waals surface area contributed by atoms with E-state index >= 15 is 0 Å². The Morgan fingerprint density at radius 3 is 1.71 bits per heavy atom. The fraction of sp³-hybridized carbons (Fsp3) is 0.789. The molecule has 0 rings (SSSR count). The average Bonchev–Trinajstić information content (AvgIpc) is 2.51. The van der Waals surface area contributed by atoms with E-state index in [1.54, 1.807) is 14.2 Å². The Balaban J connectivity index is 3.09. The van der Waals surface area contributed by atoms with Crippen LogP contribution in [0.25, 0.3) is 0 Å². The maximum atomic E-state index is 5.18. The summed E-state index contributed by atoms with van der Waals surface area (Å²) >= 11 is 0. The number of methoxy groups -OCH3 is 2. The van der Waals surface area contributed by atoms with Crippen molar-refractivity contribution in [3.63, 3.8) is 0 Å². The molecule has 2 heteroatoms. The van der Waals surface area contributed by atoms with Crippen LogP contribution in [0.1, 0.15) is 77.0 Å². The molecule has 21 heavy (non-hydrogen) atoms. The quantitative estimate of drug-likeness (QED) is 0.197. The van der Waals surface area contributed by atoms with Crippen LogP contribution in [0.4, 0.5) is 0 Å². The van der Waals surface area contributed by atoms with Gasteiger partial charge in [-0.1, -0.05) is 76.2 Å². The molecule has 0 aromatic rings. The highest BCUT2D eigenvalue weighted by atomic mass is 16.7. The van der Waals surface area contributed by atoms with Crippen molar-refractivity contribution >= 4 is 0 Å². The molecule has 0 heterocycles. The molecule has 0 fully saturated rings. The summed E-state index contributed by atoms with van der Waals surface area (Å²) in [7, 11) is 3.42. The van der Waals surface area contributed by atoms with Crippen molar-refractivity contribution in [1.29, 1.82) is 0 Å². The number of ether oxygens (including phenoxy) is 2. The summed E-state index contributed by atoms with van der Waals surface area (Å²) in [4.78, 5) is 0. The molecule has 0 saturated heterocycles. The van der Waals surface area contributed by atoms with Gasteiger partial charge in [-0.2, -0.15) is 0 Å². The van der Waals surface area contributed by atoms with E-state index in [-0.39, 0.29) is 6.29 Å². The van der Waals surface area contributed by atoms with Crippen molar-refractivity contribution < 1.29 is 9.47 Å². The lowest BCUT2D eigenvalue weighted by molar-refractivity contribution is -0.107. The first-order chi connectivity index (χ1) is 10.3. The first kappa shape index (κ1) is 20.4. The molecule has 0 aliphatic carbocycles. The maximum Gasteiger partial charge on any atom is 0.156 e. The van der Waals surface area contributed by atoms with Crippen molar-refractivity contribution in [2.75, 3.05) is 14.2 Å². The van der Waals surface area contributed by atoms with Gasteiger partial charge in [-0.3, -0.25) is 0 Å². The molecule has 0 amide bonds. The van der Waals surface area contributed by atoms with Crippen molar-refractivity contribution in [1.82, 2.24) is 0 Å². The van der Waals surface area contributed by atoms with E-state index in [4.69, 9.17) is 9.47 Å². The summed E-state index contributed by atoms with van der Waals surface area (Å²) in [6.45, 7) is 3.67. The lowest BCUT2D eigenvalue weighted by atomic mass is 10.0. The summed E-state index contributed by atoms with van der Waals surface area (Å²) in [5.74, 6) is 0. The van der Waals surface area contributed by atoms with Gasteiger partial charge in [-0.15, -0.1) is 0 Å². The monoisotopic (exact) mass is 296 g/mol.